The van der Waals surface area contributed by atoms with Crippen molar-refractivity contribution in [3.05, 3.63) is 35.4 Å². The van der Waals surface area contributed by atoms with Gasteiger partial charge in [-0.15, -0.1) is 12.4 Å². The predicted octanol–water partition coefficient (Wildman–Crippen LogP) is 2.82. The molecule has 138 valence electrons. The van der Waals surface area contributed by atoms with Crippen LogP contribution in [0.4, 0.5) is 0 Å². The van der Waals surface area contributed by atoms with Crippen LogP contribution in [0.25, 0.3) is 0 Å². The standard InChI is InChI=1S/C20H28N2O2.ClH/c1-15-2-4-16(5-3-15)20(9-12-24-13-10-20)19(23)22-11-8-17-6-7-18(14-22)21-17;/h2-5,17-18,21H,6-14H2,1H3;1H. The number of hydrogen-bond donors (Lipinski definition) is 1. The number of likely N-dealkylation sites (tertiary alicyclic amines) is 1. The zero-order chi connectivity index (χ0) is 16.6. The van der Waals surface area contributed by atoms with Crippen molar-refractivity contribution >= 4 is 18.3 Å². The second-order valence-electron chi connectivity index (χ2n) is 7.74. The Balaban J connectivity index is 0.00000182. The third-order valence-electron chi connectivity index (χ3n) is 6.17. The van der Waals surface area contributed by atoms with Gasteiger partial charge in [-0.25, -0.2) is 0 Å². The molecule has 2 unspecified atom stereocenters. The number of nitrogens with one attached hydrogen (secondary N) is 1. The van der Waals surface area contributed by atoms with Crippen LogP contribution in [0.5, 0.6) is 0 Å². The summed E-state index contributed by atoms with van der Waals surface area (Å²) < 4.78 is 5.60. The molecule has 3 saturated heterocycles. The van der Waals surface area contributed by atoms with Crippen LogP contribution in [-0.4, -0.2) is 49.2 Å². The van der Waals surface area contributed by atoms with Gasteiger partial charge in [0.15, 0.2) is 0 Å². The van der Waals surface area contributed by atoms with Crippen LogP contribution in [0.2, 0.25) is 0 Å². The maximum absolute atomic E-state index is 13.6. The van der Waals surface area contributed by atoms with Crippen molar-refractivity contribution in [3.63, 3.8) is 0 Å². The smallest absolute Gasteiger partial charge is 0.233 e. The molecule has 0 spiro atoms. The van der Waals surface area contributed by atoms with Crippen molar-refractivity contribution in [3.8, 4) is 0 Å². The van der Waals surface area contributed by atoms with E-state index in [9.17, 15) is 4.79 Å². The van der Waals surface area contributed by atoms with Crippen molar-refractivity contribution in [2.45, 2.75) is 56.5 Å². The minimum Gasteiger partial charge on any atom is -0.381 e. The largest absolute Gasteiger partial charge is 0.381 e. The first-order valence-corrected chi connectivity index (χ1v) is 9.38. The second-order valence-corrected chi connectivity index (χ2v) is 7.74. The maximum atomic E-state index is 13.6. The molecule has 5 heteroatoms. The molecular formula is C20H29ClN2O2. The summed E-state index contributed by atoms with van der Waals surface area (Å²) in [5.41, 5.74) is 2.02. The molecule has 0 saturated carbocycles. The first-order chi connectivity index (χ1) is 11.7. The fourth-order valence-corrected chi connectivity index (χ4v) is 4.65. The van der Waals surface area contributed by atoms with Crippen LogP contribution in [0.3, 0.4) is 0 Å². The summed E-state index contributed by atoms with van der Waals surface area (Å²) in [7, 11) is 0. The summed E-state index contributed by atoms with van der Waals surface area (Å²) >= 11 is 0. The van der Waals surface area contributed by atoms with Gasteiger partial charge >= 0.3 is 0 Å². The lowest BCUT2D eigenvalue weighted by molar-refractivity contribution is -0.141. The quantitative estimate of drug-likeness (QED) is 0.877. The molecule has 4 rings (SSSR count). The lowest BCUT2D eigenvalue weighted by atomic mass is 9.72. The van der Waals surface area contributed by atoms with Crippen molar-refractivity contribution in [1.82, 2.24) is 10.2 Å². The van der Waals surface area contributed by atoms with E-state index in [0.717, 1.165) is 32.4 Å². The van der Waals surface area contributed by atoms with Gasteiger partial charge in [0.25, 0.3) is 0 Å². The van der Waals surface area contributed by atoms with Gasteiger partial charge in [-0.2, -0.15) is 0 Å². The van der Waals surface area contributed by atoms with E-state index >= 15 is 0 Å². The zero-order valence-electron chi connectivity index (χ0n) is 15.0. The second kappa shape index (κ2) is 7.65. The zero-order valence-corrected chi connectivity index (χ0v) is 15.8. The van der Waals surface area contributed by atoms with E-state index < -0.39 is 5.41 Å². The molecule has 25 heavy (non-hydrogen) atoms. The first-order valence-electron chi connectivity index (χ1n) is 9.38. The average Bonchev–Trinajstić information content (AvgIpc) is 2.94. The number of nitrogens with zero attached hydrogens (tertiary/aromatic N) is 1. The Hall–Kier alpha value is -1.10. The summed E-state index contributed by atoms with van der Waals surface area (Å²) in [5.74, 6) is 0.323. The van der Waals surface area contributed by atoms with Gasteiger partial charge in [0, 0.05) is 38.4 Å². The van der Waals surface area contributed by atoms with E-state index in [1.807, 2.05) is 0 Å². The van der Waals surface area contributed by atoms with Crippen LogP contribution in [-0.2, 0) is 14.9 Å². The molecular weight excluding hydrogens is 336 g/mol. The monoisotopic (exact) mass is 364 g/mol. The third kappa shape index (κ3) is 3.57. The molecule has 3 fully saturated rings. The normalized spacial score (nSPS) is 28.1. The number of benzene rings is 1. The molecule has 0 aliphatic carbocycles. The highest BCUT2D eigenvalue weighted by atomic mass is 35.5. The third-order valence-corrected chi connectivity index (χ3v) is 6.17. The molecule has 2 bridgehead atoms. The lowest BCUT2D eigenvalue weighted by Gasteiger charge is -2.40. The fourth-order valence-electron chi connectivity index (χ4n) is 4.65. The Labute approximate surface area is 156 Å². The number of fused-ring (bicyclic) bond motifs is 2. The Kier molecular flexibility index (Phi) is 5.71. The van der Waals surface area contributed by atoms with E-state index in [1.165, 1.54) is 24.0 Å². The van der Waals surface area contributed by atoms with Crippen molar-refractivity contribution in [2.75, 3.05) is 26.3 Å². The number of amides is 1. The van der Waals surface area contributed by atoms with Crippen LogP contribution >= 0.6 is 12.4 Å². The number of halogens is 1. The topological polar surface area (TPSA) is 41.6 Å². The number of carbonyl (C=O) groups is 1. The number of carbonyl (C=O) groups excluding carboxylic acids is 1. The highest BCUT2D eigenvalue weighted by molar-refractivity contribution is 5.88. The summed E-state index contributed by atoms with van der Waals surface area (Å²) in [6.07, 6.45) is 5.15. The molecule has 3 aliphatic heterocycles. The van der Waals surface area contributed by atoms with Crippen LogP contribution in [0.1, 0.15) is 43.2 Å². The van der Waals surface area contributed by atoms with Gasteiger partial charge in [0.05, 0.1) is 5.41 Å². The van der Waals surface area contributed by atoms with Crippen molar-refractivity contribution in [2.24, 2.45) is 0 Å². The van der Waals surface area contributed by atoms with Crippen LogP contribution in [0.15, 0.2) is 24.3 Å². The van der Waals surface area contributed by atoms with Crippen LogP contribution in [0, 0.1) is 6.92 Å². The first kappa shape index (κ1) is 18.7. The Morgan fingerprint density at radius 3 is 2.52 bits per heavy atom. The number of aryl methyl sites for hydroxylation is 1. The summed E-state index contributed by atoms with van der Waals surface area (Å²) in [4.78, 5) is 15.8. The Bertz CT molecular complexity index is 598. The molecule has 0 radical (unpaired) electrons. The summed E-state index contributed by atoms with van der Waals surface area (Å²) in [5, 5.41) is 3.68. The highest BCUT2D eigenvalue weighted by Gasteiger charge is 2.45. The van der Waals surface area contributed by atoms with Gasteiger partial charge in [-0.1, -0.05) is 29.8 Å². The van der Waals surface area contributed by atoms with Gasteiger partial charge in [0.2, 0.25) is 5.91 Å². The van der Waals surface area contributed by atoms with Gasteiger partial charge in [-0.3, -0.25) is 4.79 Å². The lowest BCUT2D eigenvalue weighted by Crippen LogP contribution is -2.52. The van der Waals surface area contributed by atoms with Gasteiger partial charge in [0.1, 0.15) is 0 Å². The SMILES string of the molecule is Cc1ccc(C2(C(=O)N3CCC4CCC(C3)N4)CCOCC2)cc1.Cl. The Morgan fingerprint density at radius 1 is 1.12 bits per heavy atom. The number of hydrogen-bond acceptors (Lipinski definition) is 3. The minimum atomic E-state index is -0.393. The van der Waals surface area contributed by atoms with E-state index in [0.29, 0.717) is 31.2 Å². The molecule has 1 aromatic carbocycles. The highest BCUT2D eigenvalue weighted by Crippen LogP contribution is 2.38. The van der Waals surface area contributed by atoms with E-state index in [2.05, 4.69) is 41.4 Å². The average molecular weight is 365 g/mol. The van der Waals surface area contributed by atoms with E-state index in [-0.39, 0.29) is 12.4 Å². The molecule has 1 N–H and O–H groups in total. The summed E-state index contributed by atoms with van der Waals surface area (Å²) in [6, 6.07) is 9.66. The molecule has 2 atom stereocenters. The van der Waals surface area contributed by atoms with Crippen LogP contribution < -0.4 is 5.32 Å². The van der Waals surface area contributed by atoms with Crippen molar-refractivity contribution < 1.29 is 9.53 Å². The fraction of sp³-hybridized carbons (Fsp3) is 0.650. The molecule has 1 amide bonds. The molecule has 3 heterocycles. The van der Waals surface area contributed by atoms with E-state index in [4.69, 9.17) is 4.74 Å². The van der Waals surface area contributed by atoms with Gasteiger partial charge in [-0.05, 0) is 44.6 Å². The Morgan fingerprint density at radius 2 is 1.80 bits per heavy atom. The van der Waals surface area contributed by atoms with Gasteiger partial charge < -0.3 is 15.0 Å². The maximum Gasteiger partial charge on any atom is 0.233 e. The molecule has 3 aliphatic rings. The summed E-state index contributed by atoms with van der Waals surface area (Å²) in [6.45, 7) is 5.21. The predicted molar refractivity (Wildman–Crippen MR) is 101 cm³/mol. The minimum absolute atomic E-state index is 0. The number of ether oxygens (including phenoxy) is 1. The van der Waals surface area contributed by atoms with Crippen molar-refractivity contribution in [1.29, 1.82) is 0 Å². The molecule has 1 aromatic rings. The molecule has 0 aromatic heterocycles. The number of rotatable bonds is 2. The van der Waals surface area contributed by atoms with E-state index in [1.54, 1.807) is 0 Å². The molecule has 4 nitrogen and oxygen atoms in total.